The van der Waals surface area contributed by atoms with Crippen molar-refractivity contribution in [3.8, 4) is 0 Å². The summed E-state index contributed by atoms with van der Waals surface area (Å²) in [5.41, 5.74) is 0.745. The molecule has 2 nitrogen and oxygen atoms in total. The number of benzene rings is 1. The van der Waals surface area contributed by atoms with Gasteiger partial charge in [-0.15, -0.1) is 0 Å². The first-order chi connectivity index (χ1) is 8.03. The highest BCUT2D eigenvalue weighted by atomic mass is 19.3. The van der Waals surface area contributed by atoms with Gasteiger partial charge in [0, 0.05) is 24.3 Å². The Balaban J connectivity index is 2.95. The maximum absolute atomic E-state index is 12.4. The molecular formula is C13H18F2O2. The molecule has 0 fully saturated rings. The van der Waals surface area contributed by atoms with Gasteiger partial charge in [0.25, 0.3) is 6.43 Å². The Kier molecular flexibility index (Phi) is 5.02. The molecule has 0 atom stereocenters. The second-order valence-electron chi connectivity index (χ2n) is 3.73. The van der Waals surface area contributed by atoms with Gasteiger partial charge in [0.05, 0.1) is 0 Å². The lowest BCUT2D eigenvalue weighted by Gasteiger charge is -2.29. The molecule has 0 aromatic heterocycles. The predicted molar refractivity (Wildman–Crippen MR) is 62.0 cm³/mol. The van der Waals surface area contributed by atoms with E-state index in [0.717, 1.165) is 5.56 Å². The highest BCUT2D eigenvalue weighted by Crippen LogP contribution is 2.28. The number of hydrogen-bond donors (Lipinski definition) is 0. The van der Waals surface area contributed by atoms with Gasteiger partial charge in [0.15, 0.2) is 5.79 Å². The molecule has 0 radical (unpaired) electrons. The third-order valence-electron chi connectivity index (χ3n) is 2.53. The zero-order valence-electron chi connectivity index (χ0n) is 10.4. The summed E-state index contributed by atoms with van der Waals surface area (Å²) >= 11 is 0. The van der Waals surface area contributed by atoms with Crippen molar-refractivity contribution in [1.82, 2.24) is 0 Å². The Labute approximate surface area is 101 Å². The molecule has 0 unspecified atom stereocenters. The van der Waals surface area contributed by atoms with Gasteiger partial charge in [-0.3, -0.25) is 0 Å². The molecule has 1 rings (SSSR count). The fourth-order valence-electron chi connectivity index (χ4n) is 1.69. The Morgan fingerprint density at radius 1 is 1.06 bits per heavy atom. The van der Waals surface area contributed by atoms with Gasteiger partial charge in [0.2, 0.25) is 0 Å². The minimum atomic E-state index is -2.45. The molecule has 0 aliphatic heterocycles. The van der Waals surface area contributed by atoms with E-state index < -0.39 is 12.2 Å². The topological polar surface area (TPSA) is 18.5 Å². The van der Waals surface area contributed by atoms with E-state index in [9.17, 15) is 8.78 Å². The van der Waals surface area contributed by atoms with E-state index in [2.05, 4.69) is 0 Å². The highest BCUT2D eigenvalue weighted by molar-refractivity contribution is 5.26. The molecule has 17 heavy (non-hydrogen) atoms. The second-order valence-corrected chi connectivity index (χ2v) is 3.73. The third kappa shape index (κ3) is 3.48. The molecule has 0 saturated heterocycles. The summed E-state index contributed by atoms with van der Waals surface area (Å²) in [6.45, 7) is 6.51. The summed E-state index contributed by atoms with van der Waals surface area (Å²) in [7, 11) is 0. The van der Waals surface area contributed by atoms with E-state index in [1.54, 1.807) is 19.1 Å². The van der Waals surface area contributed by atoms with Gasteiger partial charge in [0.1, 0.15) is 0 Å². The Bertz CT molecular complexity index is 330. The molecule has 1 aromatic rings. The third-order valence-corrected chi connectivity index (χ3v) is 2.53. The minimum absolute atomic E-state index is 0.00379. The summed E-state index contributed by atoms with van der Waals surface area (Å²) in [4.78, 5) is 0. The standard InChI is InChI=1S/C13H18F2O2/c1-4-16-13(3,17-5-2)11-8-6-10(7-9-11)12(14)15/h6-9,12H,4-5H2,1-3H3. The van der Waals surface area contributed by atoms with E-state index in [4.69, 9.17) is 9.47 Å². The van der Waals surface area contributed by atoms with E-state index in [0.29, 0.717) is 13.2 Å². The van der Waals surface area contributed by atoms with Gasteiger partial charge in [-0.2, -0.15) is 0 Å². The normalized spacial score (nSPS) is 12.1. The molecule has 0 spiro atoms. The monoisotopic (exact) mass is 244 g/mol. The van der Waals surface area contributed by atoms with Crippen LogP contribution in [0.25, 0.3) is 0 Å². The van der Waals surface area contributed by atoms with Gasteiger partial charge in [-0.05, 0) is 20.8 Å². The van der Waals surface area contributed by atoms with Crippen LogP contribution in [0.3, 0.4) is 0 Å². The number of halogens is 2. The van der Waals surface area contributed by atoms with Crippen molar-refractivity contribution < 1.29 is 18.3 Å². The summed E-state index contributed by atoms with van der Waals surface area (Å²) < 4.78 is 36.0. The van der Waals surface area contributed by atoms with Crippen LogP contribution in [0.5, 0.6) is 0 Å². The van der Waals surface area contributed by atoms with Crippen molar-refractivity contribution in [2.45, 2.75) is 33.0 Å². The first-order valence-electron chi connectivity index (χ1n) is 5.70. The highest BCUT2D eigenvalue weighted by Gasteiger charge is 2.27. The van der Waals surface area contributed by atoms with Crippen molar-refractivity contribution in [1.29, 1.82) is 0 Å². The van der Waals surface area contributed by atoms with E-state index in [-0.39, 0.29) is 5.56 Å². The SMILES string of the molecule is CCOC(C)(OCC)c1ccc(C(F)F)cc1. The minimum Gasteiger partial charge on any atom is -0.346 e. The number of alkyl halides is 2. The number of hydrogen-bond acceptors (Lipinski definition) is 2. The average molecular weight is 244 g/mol. The zero-order chi connectivity index (χ0) is 12.9. The van der Waals surface area contributed by atoms with Crippen LogP contribution in [0.2, 0.25) is 0 Å². The lowest BCUT2D eigenvalue weighted by Crippen LogP contribution is -2.29. The summed E-state index contributed by atoms with van der Waals surface area (Å²) in [6.07, 6.45) is -2.45. The lowest BCUT2D eigenvalue weighted by molar-refractivity contribution is -0.229. The molecule has 0 heterocycles. The fraction of sp³-hybridized carbons (Fsp3) is 0.538. The summed E-state index contributed by atoms with van der Waals surface area (Å²) in [6, 6.07) is 6.03. The zero-order valence-corrected chi connectivity index (χ0v) is 10.4. The van der Waals surface area contributed by atoms with E-state index >= 15 is 0 Å². The van der Waals surface area contributed by atoms with Gasteiger partial charge < -0.3 is 9.47 Å². The van der Waals surface area contributed by atoms with Crippen LogP contribution in [-0.4, -0.2) is 13.2 Å². The summed E-state index contributed by atoms with van der Waals surface area (Å²) in [5.74, 6) is -0.871. The Morgan fingerprint density at radius 2 is 1.53 bits per heavy atom. The van der Waals surface area contributed by atoms with Crippen LogP contribution < -0.4 is 0 Å². The van der Waals surface area contributed by atoms with Gasteiger partial charge >= 0.3 is 0 Å². The number of ether oxygens (including phenoxy) is 2. The first-order valence-corrected chi connectivity index (χ1v) is 5.70. The molecule has 1 aromatic carbocycles. The maximum Gasteiger partial charge on any atom is 0.263 e. The largest absolute Gasteiger partial charge is 0.346 e. The van der Waals surface area contributed by atoms with Crippen molar-refractivity contribution in [2.24, 2.45) is 0 Å². The molecule has 0 aliphatic carbocycles. The van der Waals surface area contributed by atoms with Crippen molar-refractivity contribution >= 4 is 0 Å². The van der Waals surface area contributed by atoms with Gasteiger partial charge in [-0.25, -0.2) is 8.78 Å². The molecule has 0 saturated carbocycles. The Morgan fingerprint density at radius 3 is 1.88 bits per heavy atom. The average Bonchev–Trinajstić information content (AvgIpc) is 2.30. The first kappa shape index (κ1) is 14.1. The maximum atomic E-state index is 12.4. The second kappa shape index (κ2) is 6.07. The number of rotatable bonds is 6. The van der Waals surface area contributed by atoms with E-state index in [1.165, 1.54) is 12.1 Å². The van der Waals surface area contributed by atoms with Crippen LogP contribution in [-0.2, 0) is 15.3 Å². The van der Waals surface area contributed by atoms with Crippen molar-refractivity contribution in [2.75, 3.05) is 13.2 Å². The van der Waals surface area contributed by atoms with Crippen LogP contribution in [0.1, 0.15) is 38.3 Å². The predicted octanol–water partition coefficient (Wildman–Crippen LogP) is 3.87. The quantitative estimate of drug-likeness (QED) is 0.707. The van der Waals surface area contributed by atoms with Crippen LogP contribution >= 0.6 is 0 Å². The van der Waals surface area contributed by atoms with Crippen LogP contribution in [0.4, 0.5) is 8.78 Å². The molecule has 0 N–H and O–H groups in total. The molecule has 0 bridgehead atoms. The van der Waals surface area contributed by atoms with Crippen LogP contribution in [0.15, 0.2) is 24.3 Å². The van der Waals surface area contributed by atoms with Crippen molar-refractivity contribution in [3.05, 3.63) is 35.4 Å². The van der Waals surface area contributed by atoms with E-state index in [1.807, 2.05) is 13.8 Å². The molecule has 96 valence electrons. The fourth-order valence-corrected chi connectivity index (χ4v) is 1.69. The summed E-state index contributed by atoms with van der Waals surface area (Å²) in [5, 5.41) is 0. The van der Waals surface area contributed by atoms with Crippen molar-refractivity contribution in [3.63, 3.8) is 0 Å². The molecule has 4 heteroatoms. The molecule has 0 aliphatic rings. The molecule has 0 amide bonds. The lowest BCUT2D eigenvalue weighted by atomic mass is 10.1. The molecular weight excluding hydrogens is 226 g/mol. The van der Waals surface area contributed by atoms with Crippen LogP contribution in [0, 0.1) is 0 Å². The Hall–Kier alpha value is -1.00. The van der Waals surface area contributed by atoms with Gasteiger partial charge in [-0.1, -0.05) is 24.3 Å². The smallest absolute Gasteiger partial charge is 0.263 e.